The van der Waals surface area contributed by atoms with Gasteiger partial charge in [0.05, 0.1) is 4.92 Å². The Morgan fingerprint density at radius 1 is 1.29 bits per heavy atom. The molecule has 2 aliphatic heterocycles. The van der Waals surface area contributed by atoms with Crippen molar-refractivity contribution in [1.82, 2.24) is 5.32 Å². The lowest BCUT2D eigenvalue weighted by molar-refractivity contribution is -0.384. The third kappa shape index (κ3) is 2.99. The van der Waals surface area contributed by atoms with Gasteiger partial charge >= 0.3 is 5.69 Å². The maximum atomic E-state index is 11.2. The minimum absolute atomic E-state index is 0.0385. The molecule has 5 nitrogen and oxygen atoms in total. The van der Waals surface area contributed by atoms with Crippen LogP contribution in [0.5, 0.6) is 0 Å². The Hall–Kier alpha value is -1.33. The van der Waals surface area contributed by atoms with Crippen molar-refractivity contribution in [3.05, 3.63) is 33.3 Å². The summed E-state index contributed by atoms with van der Waals surface area (Å²) in [5, 5.41) is 15.0. The fraction of sp³-hybridized carbons (Fsp3) is 0.600. The Labute approximate surface area is 129 Å². The molecule has 0 radical (unpaired) electrons. The van der Waals surface area contributed by atoms with Crippen molar-refractivity contribution in [1.29, 1.82) is 0 Å². The molecule has 0 amide bonds. The van der Waals surface area contributed by atoms with Gasteiger partial charge in [0.1, 0.15) is 10.7 Å². The molecule has 2 saturated heterocycles. The molecule has 2 fully saturated rings. The lowest BCUT2D eigenvalue weighted by Crippen LogP contribution is -2.41. The molecular weight excluding hydrogens is 290 g/mol. The van der Waals surface area contributed by atoms with Gasteiger partial charge in [-0.1, -0.05) is 17.7 Å². The quantitative estimate of drug-likeness (QED) is 0.688. The Bertz CT molecular complexity index is 524. The first-order valence-corrected chi connectivity index (χ1v) is 7.96. The van der Waals surface area contributed by atoms with Crippen LogP contribution >= 0.6 is 11.6 Å². The second-order valence-electron chi connectivity index (χ2n) is 5.89. The Balaban J connectivity index is 1.72. The van der Waals surface area contributed by atoms with Gasteiger partial charge in [-0.15, -0.1) is 0 Å². The van der Waals surface area contributed by atoms with Crippen molar-refractivity contribution < 1.29 is 4.92 Å². The summed E-state index contributed by atoms with van der Waals surface area (Å²) in [7, 11) is 0. The van der Waals surface area contributed by atoms with E-state index in [1.54, 1.807) is 18.2 Å². The molecule has 1 unspecified atom stereocenters. The normalized spacial score (nSPS) is 23.5. The standard InChI is InChI=1S/C15H20ClN3O2/c16-12-3-1-5-14(15(12)19(20)21)18-9-6-11(7-10-18)13-4-2-8-17-13/h1,3,5,11,13,17H,2,4,6-10H2. The monoisotopic (exact) mass is 309 g/mol. The molecule has 0 aromatic heterocycles. The summed E-state index contributed by atoms with van der Waals surface area (Å²) in [4.78, 5) is 13.0. The SMILES string of the molecule is O=[N+]([O-])c1c(Cl)cccc1N1CCC(C2CCCN2)CC1. The number of hydrogen-bond donors (Lipinski definition) is 1. The smallest absolute Gasteiger partial charge is 0.310 e. The van der Waals surface area contributed by atoms with E-state index in [-0.39, 0.29) is 15.6 Å². The van der Waals surface area contributed by atoms with Crippen molar-refractivity contribution in [2.24, 2.45) is 5.92 Å². The second kappa shape index (κ2) is 6.20. The van der Waals surface area contributed by atoms with E-state index in [2.05, 4.69) is 10.2 Å². The fourth-order valence-electron chi connectivity index (χ4n) is 3.60. The summed E-state index contributed by atoms with van der Waals surface area (Å²) < 4.78 is 0. The third-order valence-electron chi connectivity index (χ3n) is 4.70. The van der Waals surface area contributed by atoms with Crippen molar-refractivity contribution in [3.63, 3.8) is 0 Å². The van der Waals surface area contributed by atoms with Crippen LogP contribution in [0.15, 0.2) is 18.2 Å². The van der Waals surface area contributed by atoms with Crippen molar-refractivity contribution >= 4 is 23.0 Å². The number of nitrogens with zero attached hydrogens (tertiary/aromatic N) is 2. The highest BCUT2D eigenvalue weighted by Crippen LogP contribution is 2.37. The van der Waals surface area contributed by atoms with Gasteiger partial charge < -0.3 is 10.2 Å². The number of halogens is 1. The summed E-state index contributed by atoms with van der Waals surface area (Å²) in [5.74, 6) is 0.696. The molecule has 1 aromatic carbocycles. The molecule has 0 bridgehead atoms. The van der Waals surface area contributed by atoms with Gasteiger partial charge in [-0.2, -0.15) is 0 Å². The Morgan fingerprint density at radius 2 is 2.05 bits per heavy atom. The zero-order valence-electron chi connectivity index (χ0n) is 11.9. The van der Waals surface area contributed by atoms with Crippen LogP contribution in [-0.4, -0.2) is 30.6 Å². The number of anilines is 1. The lowest BCUT2D eigenvalue weighted by Gasteiger charge is -2.36. The van der Waals surface area contributed by atoms with Crippen LogP contribution in [0.3, 0.4) is 0 Å². The molecule has 0 saturated carbocycles. The van der Waals surface area contributed by atoms with E-state index in [1.807, 2.05) is 0 Å². The number of para-hydroxylation sites is 1. The number of piperidine rings is 1. The van der Waals surface area contributed by atoms with Crippen LogP contribution in [0.2, 0.25) is 5.02 Å². The zero-order valence-corrected chi connectivity index (χ0v) is 12.7. The number of benzene rings is 1. The summed E-state index contributed by atoms with van der Waals surface area (Å²) in [6.45, 7) is 2.86. The summed E-state index contributed by atoms with van der Waals surface area (Å²) in [6.07, 6.45) is 4.70. The van der Waals surface area contributed by atoms with Crippen LogP contribution in [0.25, 0.3) is 0 Å². The van der Waals surface area contributed by atoms with E-state index < -0.39 is 0 Å². The van der Waals surface area contributed by atoms with Gasteiger partial charge in [0, 0.05) is 19.1 Å². The molecule has 3 rings (SSSR count). The first-order chi connectivity index (χ1) is 10.2. The van der Waals surface area contributed by atoms with Gasteiger partial charge in [0.2, 0.25) is 0 Å². The van der Waals surface area contributed by atoms with Crippen LogP contribution in [0.1, 0.15) is 25.7 Å². The molecule has 1 N–H and O–H groups in total. The van der Waals surface area contributed by atoms with Gasteiger partial charge in [0.25, 0.3) is 0 Å². The average molecular weight is 310 g/mol. The lowest BCUT2D eigenvalue weighted by atomic mass is 9.88. The van der Waals surface area contributed by atoms with Crippen LogP contribution in [0, 0.1) is 16.0 Å². The van der Waals surface area contributed by atoms with E-state index in [1.165, 1.54) is 12.8 Å². The summed E-state index contributed by atoms with van der Waals surface area (Å²) >= 11 is 6.00. The summed E-state index contributed by atoms with van der Waals surface area (Å²) in [5.41, 5.74) is 0.696. The predicted molar refractivity (Wildman–Crippen MR) is 84.1 cm³/mol. The highest BCUT2D eigenvalue weighted by atomic mass is 35.5. The molecule has 2 heterocycles. The minimum Gasteiger partial charge on any atom is -0.366 e. The molecular formula is C15H20ClN3O2. The van der Waals surface area contributed by atoms with Crippen molar-refractivity contribution in [3.8, 4) is 0 Å². The number of rotatable bonds is 3. The third-order valence-corrected chi connectivity index (χ3v) is 5.00. The van der Waals surface area contributed by atoms with Gasteiger partial charge in [-0.05, 0) is 50.3 Å². The van der Waals surface area contributed by atoms with Crippen molar-refractivity contribution in [2.75, 3.05) is 24.5 Å². The molecule has 1 aromatic rings. The molecule has 21 heavy (non-hydrogen) atoms. The van der Waals surface area contributed by atoms with E-state index >= 15 is 0 Å². The number of nitro groups is 1. The maximum Gasteiger partial charge on any atom is 0.310 e. The zero-order chi connectivity index (χ0) is 14.8. The van der Waals surface area contributed by atoms with E-state index in [9.17, 15) is 10.1 Å². The number of nitro benzene ring substituents is 1. The predicted octanol–water partition coefficient (Wildman–Crippen LogP) is 3.22. The maximum absolute atomic E-state index is 11.2. The van der Waals surface area contributed by atoms with Crippen LogP contribution in [0.4, 0.5) is 11.4 Å². The fourth-order valence-corrected chi connectivity index (χ4v) is 3.84. The van der Waals surface area contributed by atoms with Crippen molar-refractivity contribution in [2.45, 2.75) is 31.7 Å². The topological polar surface area (TPSA) is 58.4 Å². The van der Waals surface area contributed by atoms with Crippen LogP contribution in [-0.2, 0) is 0 Å². The molecule has 2 aliphatic rings. The van der Waals surface area contributed by atoms with E-state index in [0.717, 1.165) is 32.5 Å². The van der Waals surface area contributed by atoms with Gasteiger partial charge in [0.15, 0.2) is 0 Å². The highest BCUT2D eigenvalue weighted by molar-refractivity contribution is 6.33. The number of hydrogen-bond acceptors (Lipinski definition) is 4. The first kappa shape index (κ1) is 14.6. The average Bonchev–Trinajstić information content (AvgIpc) is 3.01. The largest absolute Gasteiger partial charge is 0.366 e. The molecule has 0 spiro atoms. The van der Waals surface area contributed by atoms with E-state index in [4.69, 9.17) is 11.6 Å². The Kier molecular flexibility index (Phi) is 4.31. The van der Waals surface area contributed by atoms with Gasteiger partial charge in [-0.25, -0.2) is 0 Å². The summed E-state index contributed by atoms with van der Waals surface area (Å²) in [6, 6.07) is 5.81. The second-order valence-corrected chi connectivity index (χ2v) is 6.30. The van der Waals surface area contributed by atoms with Crippen LogP contribution < -0.4 is 10.2 Å². The molecule has 0 aliphatic carbocycles. The van der Waals surface area contributed by atoms with Gasteiger partial charge in [-0.3, -0.25) is 10.1 Å². The highest BCUT2D eigenvalue weighted by Gasteiger charge is 2.31. The minimum atomic E-state index is -0.373. The number of nitrogens with one attached hydrogen (secondary N) is 1. The molecule has 6 heteroatoms. The first-order valence-electron chi connectivity index (χ1n) is 7.58. The molecule has 1 atom stereocenters. The molecule has 114 valence electrons. The Morgan fingerprint density at radius 3 is 2.67 bits per heavy atom. The van der Waals surface area contributed by atoms with E-state index in [0.29, 0.717) is 17.6 Å².